The fourth-order valence-corrected chi connectivity index (χ4v) is 2.51. The van der Waals surface area contributed by atoms with Gasteiger partial charge in [0.25, 0.3) is 5.69 Å². The summed E-state index contributed by atoms with van der Waals surface area (Å²) in [6.45, 7) is 0. The van der Waals surface area contributed by atoms with Crippen molar-refractivity contribution in [2.45, 2.75) is 6.04 Å². The van der Waals surface area contributed by atoms with Crippen LogP contribution in [0.15, 0.2) is 60.7 Å². The quantitative estimate of drug-likeness (QED) is 0.788. The van der Waals surface area contributed by atoms with Crippen molar-refractivity contribution < 1.29 is 4.76 Å². The molecule has 3 heteroatoms. The molecule has 0 N–H and O–H groups in total. The molecule has 2 aromatic carbocycles. The first-order chi connectivity index (χ1) is 10.6. The maximum Gasteiger partial charge on any atom is 0.264 e. The molecular weight excluding hydrogens is 272 g/mol. The Morgan fingerprint density at radius 1 is 1.05 bits per heavy atom. The fourth-order valence-electron chi connectivity index (χ4n) is 2.51. The minimum Gasteiger partial charge on any atom is -0.378 e. The van der Waals surface area contributed by atoms with Crippen molar-refractivity contribution in [2.75, 3.05) is 19.0 Å². The lowest BCUT2D eigenvalue weighted by molar-refractivity contribution is -0.481. The van der Waals surface area contributed by atoms with Gasteiger partial charge in [0, 0.05) is 35.5 Å². The van der Waals surface area contributed by atoms with Gasteiger partial charge >= 0.3 is 0 Å². The fraction of sp³-hybridized carbons (Fsp3) is 0.158. The van der Waals surface area contributed by atoms with E-state index in [1.807, 2.05) is 62.7 Å². The summed E-state index contributed by atoms with van der Waals surface area (Å²) in [7, 11) is 4.04. The first-order valence-electron chi connectivity index (χ1n) is 7.34. The molecule has 1 atom stereocenters. The summed E-state index contributed by atoms with van der Waals surface area (Å²) in [5.41, 5.74) is 3.94. The van der Waals surface area contributed by atoms with E-state index in [1.54, 1.807) is 0 Å². The third kappa shape index (κ3) is 2.84. The molecule has 1 aliphatic heterocycles. The van der Waals surface area contributed by atoms with Crippen molar-refractivity contribution >= 4 is 23.5 Å². The highest BCUT2D eigenvalue weighted by Gasteiger charge is 2.28. The molecule has 0 aliphatic carbocycles. The second-order valence-electron chi connectivity index (χ2n) is 5.58. The highest BCUT2D eigenvalue weighted by molar-refractivity contribution is 5.64. The van der Waals surface area contributed by atoms with Crippen molar-refractivity contribution in [1.29, 1.82) is 0 Å². The largest absolute Gasteiger partial charge is 0.378 e. The lowest BCUT2D eigenvalue weighted by atomic mass is 10.0. The molecule has 2 aromatic rings. The minimum absolute atomic E-state index is 0.261. The molecule has 1 heterocycles. The number of anilines is 1. The van der Waals surface area contributed by atoms with Crippen LogP contribution in [0, 0.1) is 4.91 Å². The molecule has 110 valence electrons. The lowest BCUT2D eigenvalue weighted by Gasteiger charge is -2.12. The van der Waals surface area contributed by atoms with Gasteiger partial charge in [0.15, 0.2) is 0 Å². The zero-order chi connectivity index (χ0) is 15.5. The molecule has 3 nitrogen and oxygen atoms in total. The standard InChI is InChI=1S/C19H19N2O/c1-20(2)17-11-7-15(8-12-17)9-13-18-14-10-16-5-3-4-6-19(16)21(18)22/h3-14,18H,1-2H3/q+1/b13-9+. The van der Waals surface area contributed by atoms with Crippen LogP contribution in [0.1, 0.15) is 11.1 Å². The Morgan fingerprint density at radius 3 is 2.50 bits per heavy atom. The molecular formula is C19H19N2O+. The maximum atomic E-state index is 12.4. The first-order valence-corrected chi connectivity index (χ1v) is 7.34. The number of benzene rings is 2. The van der Waals surface area contributed by atoms with Crippen molar-refractivity contribution in [3.8, 4) is 0 Å². The highest BCUT2D eigenvalue weighted by Crippen LogP contribution is 2.27. The van der Waals surface area contributed by atoms with Gasteiger partial charge in [-0.15, -0.1) is 0 Å². The molecule has 1 unspecified atom stereocenters. The number of hydrogen-bond donors (Lipinski definition) is 0. The molecule has 0 radical (unpaired) electrons. The van der Waals surface area contributed by atoms with Crippen LogP contribution in [-0.4, -0.2) is 24.9 Å². The zero-order valence-electron chi connectivity index (χ0n) is 12.8. The number of hydrogen-bond acceptors (Lipinski definition) is 2. The minimum atomic E-state index is -0.261. The molecule has 0 saturated heterocycles. The summed E-state index contributed by atoms with van der Waals surface area (Å²) in [5.74, 6) is 0. The van der Waals surface area contributed by atoms with Crippen LogP contribution in [0.5, 0.6) is 0 Å². The van der Waals surface area contributed by atoms with Gasteiger partial charge in [0.1, 0.15) is 0 Å². The van der Waals surface area contributed by atoms with Crippen molar-refractivity contribution in [1.82, 2.24) is 0 Å². The summed E-state index contributed by atoms with van der Waals surface area (Å²) in [5, 5.41) is 0. The Balaban J connectivity index is 1.78. The van der Waals surface area contributed by atoms with Gasteiger partial charge in [-0.05, 0) is 42.0 Å². The van der Waals surface area contributed by atoms with Gasteiger partial charge in [-0.3, -0.25) is 0 Å². The topological polar surface area (TPSA) is 23.3 Å². The summed E-state index contributed by atoms with van der Waals surface area (Å²) >= 11 is 0. The number of nitrogens with zero attached hydrogens (tertiary/aromatic N) is 2. The van der Waals surface area contributed by atoms with Gasteiger partial charge in [0.2, 0.25) is 6.04 Å². The third-order valence-corrected chi connectivity index (χ3v) is 3.81. The van der Waals surface area contributed by atoms with E-state index in [4.69, 9.17) is 0 Å². The van der Waals surface area contributed by atoms with Gasteiger partial charge in [-0.25, -0.2) is 0 Å². The number of para-hydroxylation sites is 1. The van der Waals surface area contributed by atoms with E-state index in [9.17, 15) is 4.91 Å². The van der Waals surface area contributed by atoms with Crippen LogP contribution in [-0.2, 0) is 0 Å². The number of fused-ring (bicyclic) bond motifs is 1. The zero-order valence-corrected chi connectivity index (χ0v) is 12.8. The summed E-state index contributed by atoms with van der Waals surface area (Å²) in [6, 6.07) is 15.6. The molecule has 3 rings (SSSR count). The van der Waals surface area contributed by atoms with E-state index in [-0.39, 0.29) is 6.04 Å². The van der Waals surface area contributed by atoms with Crippen LogP contribution >= 0.6 is 0 Å². The predicted octanol–water partition coefficient (Wildman–Crippen LogP) is 4.27. The van der Waals surface area contributed by atoms with Crippen LogP contribution < -0.4 is 4.90 Å². The Kier molecular flexibility index (Phi) is 3.88. The van der Waals surface area contributed by atoms with Crippen LogP contribution in [0.3, 0.4) is 0 Å². The van der Waals surface area contributed by atoms with E-state index in [2.05, 4.69) is 29.2 Å². The van der Waals surface area contributed by atoms with Crippen molar-refractivity contribution in [2.24, 2.45) is 0 Å². The molecule has 1 aliphatic rings. The molecule has 0 bridgehead atoms. The smallest absolute Gasteiger partial charge is 0.264 e. The molecule has 0 spiro atoms. The van der Waals surface area contributed by atoms with E-state index in [0.29, 0.717) is 0 Å². The maximum absolute atomic E-state index is 12.4. The monoisotopic (exact) mass is 291 g/mol. The molecule has 0 amide bonds. The van der Waals surface area contributed by atoms with Crippen LogP contribution in [0.2, 0.25) is 0 Å². The van der Waals surface area contributed by atoms with Gasteiger partial charge in [-0.2, -0.15) is 0 Å². The summed E-state index contributed by atoms with van der Waals surface area (Å²) in [6.07, 6.45) is 7.87. The first kappa shape index (κ1) is 14.3. The molecule has 0 saturated carbocycles. The van der Waals surface area contributed by atoms with Crippen LogP contribution in [0.25, 0.3) is 12.2 Å². The lowest BCUT2D eigenvalue weighted by Crippen LogP contribution is -2.18. The average Bonchev–Trinajstić information content (AvgIpc) is 2.55. The summed E-state index contributed by atoms with van der Waals surface area (Å²) in [4.78, 5) is 14.5. The number of nitroso groups, excluding NO2 is 1. The van der Waals surface area contributed by atoms with E-state index >= 15 is 0 Å². The van der Waals surface area contributed by atoms with Gasteiger partial charge in [0.05, 0.1) is 5.56 Å². The van der Waals surface area contributed by atoms with Gasteiger partial charge in [-0.1, -0.05) is 30.3 Å². The molecule has 22 heavy (non-hydrogen) atoms. The van der Waals surface area contributed by atoms with Crippen LogP contribution in [0.4, 0.5) is 11.4 Å². The molecule has 0 aromatic heterocycles. The SMILES string of the molecule is CN(C)c1ccc(/C=C/C2C=Cc3ccccc3[N+]2=O)cc1. The Bertz CT molecular complexity index is 742. The normalized spacial score (nSPS) is 16.8. The Labute approximate surface area is 130 Å². The third-order valence-electron chi connectivity index (χ3n) is 3.81. The van der Waals surface area contributed by atoms with Crippen molar-refractivity contribution in [3.05, 3.63) is 76.7 Å². The van der Waals surface area contributed by atoms with Gasteiger partial charge < -0.3 is 4.90 Å². The second kappa shape index (κ2) is 5.98. The van der Waals surface area contributed by atoms with E-state index in [0.717, 1.165) is 27.3 Å². The Hall–Kier alpha value is -2.68. The Morgan fingerprint density at radius 2 is 1.77 bits per heavy atom. The second-order valence-corrected chi connectivity index (χ2v) is 5.58. The van der Waals surface area contributed by atoms with E-state index in [1.165, 1.54) is 0 Å². The average molecular weight is 291 g/mol. The molecule has 0 fully saturated rings. The summed E-state index contributed by atoms with van der Waals surface area (Å²) < 4.78 is 1.06. The van der Waals surface area contributed by atoms with E-state index < -0.39 is 0 Å². The predicted molar refractivity (Wildman–Crippen MR) is 92.4 cm³/mol. The highest BCUT2D eigenvalue weighted by atomic mass is 16.3. The number of rotatable bonds is 3. The van der Waals surface area contributed by atoms with Crippen molar-refractivity contribution in [3.63, 3.8) is 0 Å².